The molecule has 0 aliphatic rings. The Balaban J connectivity index is 3.38. The summed E-state index contributed by atoms with van der Waals surface area (Å²) in [6.07, 6.45) is 24.5. The predicted molar refractivity (Wildman–Crippen MR) is 120 cm³/mol. The number of carbonyl (C=O) groups is 2. The predicted octanol–water partition coefficient (Wildman–Crippen LogP) is 6.66. The molecule has 0 spiro atoms. The van der Waals surface area contributed by atoms with Crippen LogP contribution >= 0.6 is 0 Å². The Morgan fingerprint density at radius 1 is 0.655 bits per heavy atom. The van der Waals surface area contributed by atoms with Gasteiger partial charge in [0.2, 0.25) is 0 Å². The van der Waals surface area contributed by atoms with Gasteiger partial charge in [0.15, 0.2) is 5.92 Å². The highest BCUT2D eigenvalue weighted by atomic mass is 16.4. The van der Waals surface area contributed by atoms with Gasteiger partial charge in [0, 0.05) is 5.70 Å². The van der Waals surface area contributed by atoms with Crippen molar-refractivity contribution in [1.82, 2.24) is 0 Å². The van der Waals surface area contributed by atoms with Gasteiger partial charge in [-0.25, -0.2) is 0 Å². The third-order valence-corrected chi connectivity index (χ3v) is 5.51. The summed E-state index contributed by atoms with van der Waals surface area (Å²) in [7, 11) is 0. The van der Waals surface area contributed by atoms with Crippen LogP contribution in [0.15, 0.2) is 11.8 Å². The van der Waals surface area contributed by atoms with Gasteiger partial charge >= 0.3 is 11.9 Å². The van der Waals surface area contributed by atoms with Crippen LogP contribution in [-0.2, 0) is 9.59 Å². The van der Waals surface area contributed by atoms with Crippen molar-refractivity contribution in [3.8, 4) is 0 Å². The summed E-state index contributed by atoms with van der Waals surface area (Å²) in [5.41, 5.74) is 5.52. The number of unbranched alkanes of at least 4 members (excludes halogenated alkanes) is 17. The van der Waals surface area contributed by atoms with Gasteiger partial charge in [-0.15, -0.1) is 0 Å². The van der Waals surface area contributed by atoms with Crippen LogP contribution < -0.4 is 5.73 Å². The highest BCUT2D eigenvalue weighted by molar-refractivity contribution is 5.96. The molecule has 0 saturated heterocycles. The molecule has 0 aromatic rings. The maximum Gasteiger partial charge on any atom is 0.323 e. The van der Waals surface area contributed by atoms with Crippen molar-refractivity contribution in [2.24, 2.45) is 11.7 Å². The molecule has 0 atom stereocenters. The average molecular weight is 412 g/mol. The van der Waals surface area contributed by atoms with Gasteiger partial charge in [-0.1, -0.05) is 116 Å². The van der Waals surface area contributed by atoms with E-state index in [1.807, 2.05) is 0 Å². The van der Waals surface area contributed by atoms with Gasteiger partial charge in [0.25, 0.3) is 0 Å². The Kier molecular flexibility index (Phi) is 18.7. The molecule has 5 nitrogen and oxygen atoms in total. The number of hydrogen-bond acceptors (Lipinski definition) is 3. The fourth-order valence-electron chi connectivity index (χ4n) is 3.65. The quantitative estimate of drug-likeness (QED) is 0.145. The van der Waals surface area contributed by atoms with Gasteiger partial charge in [0.1, 0.15) is 0 Å². The first-order chi connectivity index (χ1) is 14.0. The normalized spacial score (nSPS) is 11.9. The summed E-state index contributed by atoms with van der Waals surface area (Å²) in [4.78, 5) is 21.7. The van der Waals surface area contributed by atoms with Crippen LogP contribution in [0.2, 0.25) is 0 Å². The van der Waals surface area contributed by atoms with Crippen molar-refractivity contribution >= 4 is 11.9 Å². The van der Waals surface area contributed by atoms with Crippen molar-refractivity contribution in [3.63, 3.8) is 0 Å². The lowest BCUT2D eigenvalue weighted by molar-refractivity contribution is -0.152. The molecule has 0 aliphatic heterocycles. The maximum absolute atomic E-state index is 10.9. The molecule has 0 radical (unpaired) electrons. The Hall–Kier alpha value is -1.52. The van der Waals surface area contributed by atoms with Crippen molar-refractivity contribution < 1.29 is 19.8 Å². The second-order valence-electron chi connectivity index (χ2n) is 8.26. The Bertz CT molecular complexity index is 434. The zero-order valence-corrected chi connectivity index (χ0v) is 18.7. The molecule has 0 aromatic carbocycles. The van der Waals surface area contributed by atoms with Crippen LogP contribution in [0.25, 0.3) is 0 Å². The number of hydrogen-bond donors (Lipinski definition) is 3. The van der Waals surface area contributed by atoms with Crippen LogP contribution in [0.4, 0.5) is 0 Å². The summed E-state index contributed by atoms with van der Waals surface area (Å²) in [5, 5.41) is 17.7. The van der Waals surface area contributed by atoms with E-state index in [9.17, 15) is 9.59 Å². The van der Waals surface area contributed by atoms with E-state index in [1.54, 1.807) is 6.08 Å². The lowest BCUT2D eigenvalue weighted by atomic mass is 10.0. The summed E-state index contributed by atoms with van der Waals surface area (Å²) in [5.74, 6) is -4.44. The van der Waals surface area contributed by atoms with Gasteiger partial charge in [-0.3, -0.25) is 9.59 Å². The van der Waals surface area contributed by atoms with Gasteiger partial charge in [0.05, 0.1) is 0 Å². The fourth-order valence-corrected chi connectivity index (χ4v) is 3.65. The summed E-state index contributed by atoms with van der Waals surface area (Å²) in [6, 6.07) is 0. The monoisotopic (exact) mass is 411 g/mol. The lowest BCUT2D eigenvalue weighted by Crippen LogP contribution is -2.29. The van der Waals surface area contributed by atoms with E-state index in [1.165, 1.54) is 96.3 Å². The zero-order valence-electron chi connectivity index (χ0n) is 18.7. The van der Waals surface area contributed by atoms with Crippen LogP contribution in [0.5, 0.6) is 0 Å². The molecule has 0 bridgehead atoms. The van der Waals surface area contributed by atoms with Crippen LogP contribution in [0.3, 0.4) is 0 Å². The van der Waals surface area contributed by atoms with Crippen LogP contribution in [0, 0.1) is 5.92 Å². The minimum atomic E-state index is -1.62. The van der Waals surface area contributed by atoms with Crippen molar-refractivity contribution in [2.75, 3.05) is 0 Å². The minimum absolute atomic E-state index is 0.0681. The number of nitrogens with two attached hydrogens (primary N) is 1. The molecule has 0 amide bonds. The largest absolute Gasteiger partial charge is 0.480 e. The number of allylic oxidation sites excluding steroid dienone is 1. The number of carboxylic acid groups (broad SMARTS) is 2. The highest BCUT2D eigenvalue weighted by Crippen LogP contribution is 2.15. The van der Waals surface area contributed by atoms with E-state index in [0.29, 0.717) is 6.42 Å². The standard InChI is InChI=1S/C24H45NO4/c1-2-3-4-5-6-7-8-9-10-11-12-13-14-15-16-17-18-19-20-21(25)22(23(26)27)24(28)29/h20,22H,2-19,25H2,1H3,(H,26,27)(H,28,29). The molecule has 29 heavy (non-hydrogen) atoms. The van der Waals surface area contributed by atoms with Gasteiger partial charge in [-0.05, 0) is 12.8 Å². The average Bonchev–Trinajstić information content (AvgIpc) is 2.66. The van der Waals surface area contributed by atoms with Crippen LogP contribution in [0.1, 0.15) is 122 Å². The second-order valence-corrected chi connectivity index (χ2v) is 8.26. The molecule has 0 heterocycles. The van der Waals surface area contributed by atoms with Crippen molar-refractivity contribution in [3.05, 3.63) is 11.8 Å². The molecule has 4 N–H and O–H groups in total. The molecule has 0 saturated carbocycles. The van der Waals surface area contributed by atoms with E-state index in [2.05, 4.69) is 6.92 Å². The minimum Gasteiger partial charge on any atom is -0.480 e. The molecule has 0 rings (SSSR count). The van der Waals surface area contributed by atoms with E-state index in [4.69, 9.17) is 15.9 Å². The Morgan fingerprint density at radius 2 is 0.966 bits per heavy atom. The highest BCUT2D eigenvalue weighted by Gasteiger charge is 2.28. The van der Waals surface area contributed by atoms with E-state index >= 15 is 0 Å². The van der Waals surface area contributed by atoms with E-state index in [0.717, 1.165) is 12.8 Å². The summed E-state index contributed by atoms with van der Waals surface area (Å²) in [6.45, 7) is 2.26. The van der Waals surface area contributed by atoms with Gasteiger partial charge < -0.3 is 15.9 Å². The molecule has 5 heteroatoms. The third-order valence-electron chi connectivity index (χ3n) is 5.51. The van der Waals surface area contributed by atoms with E-state index < -0.39 is 17.9 Å². The molecule has 170 valence electrons. The number of aliphatic carboxylic acids is 2. The first kappa shape index (κ1) is 27.5. The van der Waals surface area contributed by atoms with E-state index in [-0.39, 0.29) is 5.70 Å². The number of carboxylic acids is 2. The lowest BCUT2D eigenvalue weighted by Gasteiger charge is -2.07. The summed E-state index contributed by atoms with van der Waals surface area (Å²) >= 11 is 0. The van der Waals surface area contributed by atoms with Crippen molar-refractivity contribution in [1.29, 1.82) is 0 Å². The first-order valence-electron chi connectivity index (χ1n) is 11.9. The molecule has 0 aliphatic carbocycles. The third kappa shape index (κ3) is 17.1. The Morgan fingerprint density at radius 3 is 1.28 bits per heavy atom. The smallest absolute Gasteiger partial charge is 0.323 e. The SMILES string of the molecule is CCCCCCCCCCCCCCCCCCCC=C(N)C(C(=O)O)C(=O)O. The molecule has 0 fully saturated rings. The topological polar surface area (TPSA) is 101 Å². The molecule has 0 aromatic heterocycles. The fraction of sp³-hybridized carbons (Fsp3) is 0.833. The first-order valence-corrected chi connectivity index (χ1v) is 11.9. The van der Waals surface area contributed by atoms with Crippen LogP contribution in [-0.4, -0.2) is 22.2 Å². The molecular weight excluding hydrogens is 366 g/mol. The zero-order chi connectivity index (χ0) is 21.7. The number of rotatable bonds is 21. The molecular formula is C24H45NO4. The second kappa shape index (κ2) is 19.8. The van der Waals surface area contributed by atoms with Gasteiger partial charge in [-0.2, -0.15) is 0 Å². The van der Waals surface area contributed by atoms with Crippen molar-refractivity contribution in [2.45, 2.75) is 122 Å². The maximum atomic E-state index is 10.9. The summed E-state index contributed by atoms with van der Waals surface area (Å²) < 4.78 is 0. The molecule has 0 unspecified atom stereocenters. The Labute approximate surface area is 178 Å².